The average molecular weight is 397 g/mol. The Morgan fingerprint density at radius 3 is 2.71 bits per heavy atom. The molecule has 144 valence electrons. The molecule has 0 fully saturated rings. The molecule has 0 atom stereocenters. The predicted molar refractivity (Wildman–Crippen MR) is 109 cm³/mol. The number of benzene rings is 1. The van der Waals surface area contributed by atoms with Gasteiger partial charge in [0.05, 0.1) is 11.8 Å². The van der Waals surface area contributed by atoms with E-state index in [0.29, 0.717) is 11.7 Å². The summed E-state index contributed by atoms with van der Waals surface area (Å²) >= 11 is 0. The largest absolute Gasteiger partial charge is 0.334 e. The molecule has 0 saturated carbocycles. The normalized spacial score (nSPS) is 13.8. The Morgan fingerprint density at radius 2 is 1.86 bits per heavy atom. The Hall–Kier alpha value is -2.77. The third-order valence-corrected chi connectivity index (χ3v) is 5.04. The first-order valence-corrected chi connectivity index (χ1v) is 9.18. The van der Waals surface area contributed by atoms with Gasteiger partial charge < -0.3 is 9.84 Å². The number of aromatic nitrogens is 5. The van der Waals surface area contributed by atoms with Crippen molar-refractivity contribution in [2.24, 2.45) is 0 Å². The van der Waals surface area contributed by atoms with Crippen LogP contribution in [-0.4, -0.2) is 37.8 Å². The minimum absolute atomic E-state index is 0. The Labute approximate surface area is 168 Å². The average Bonchev–Trinajstić information content (AvgIpc) is 3.23. The van der Waals surface area contributed by atoms with Gasteiger partial charge in [-0.3, -0.25) is 0 Å². The summed E-state index contributed by atoms with van der Waals surface area (Å²) in [7, 11) is 0. The monoisotopic (exact) mass is 396 g/mol. The molecule has 7 nitrogen and oxygen atoms in total. The van der Waals surface area contributed by atoms with Crippen LogP contribution in [0, 0.1) is 13.8 Å². The lowest BCUT2D eigenvalue weighted by molar-refractivity contribution is 0.432. The van der Waals surface area contributed by atoms with Gasteiger partial charge in [0, 0.05) is 17.0 Å². The Balaban J connectivity index is 0.00000192. The maximum Gasteiger partial charge on any atom is 0.258 e. The molecule has 5 rings (SSSR count). The molecule has 1 aliphatic rings. The van der Waals surface area contributed by atoms with Crippen LogP contribution in [0.4, 0.5) is 0 Å². The summed E-state index contributed by atoms with van der Waals surface area (Å²) in [4.78, 5) is 9.21. The zero-order valence-corrected chi connectivity index (χ0v) is 16.6. The van der Waals surface area contributed by atoms with E-state index in [1.165, 1.54) is 11.1 Å². The van der Waals surface area contributed by atoms with Crippen molar-refractivity contribution in [2.75, 3.05) is 13.1 Å². The summed E-state index contributed by atoms with van der Waals surface area (Å²) in [5.74, 6) is 1.03. The smallest absolute Gasteiger partial charge is 0.258 e. The summed E-state index contributed by atoms with van der Waals surface area (Å²) in [5.41, 5.74) is 7.16. The molecule has 0 bridgehead atoms. The number of nitrogens with zero attached hydrogens (tertiary/aromatic N) is 5. The molecular weight excluding hydrogens is 376 g/mol. The number of nitrogens with one attached hydrogen (secondary N) is 1. The van der Waals surface area contributed by atoms with Crippen LogP contribution in [0.1, 0.15) is 22.5 Å². The fraction of sp³-hybridized carbons (Fsp3) is 0.300. The molecule has 0 amide bonds. The molecule has 4 aromatic rings. The van der Waals surface area contributed by atoms with E-state index in [-0.39, 0.29) is 12.4 Å². The molecule has 1 aromatic carbocycles. The van der Waals surface area contributed by atoms with Crippen LogP contribution in [0.5, 0.6) is 0 Å². The summed E-state index contributed by atoms with van der Waals surface area (Å²) in [6, 6.07) is 8.40. The van der Waals surface area contributed by atoms with Crippen molar-refractivity contribution in [2.45, 2.75) is 26.7 Å². The number of aryl methyl sites for hydroxylation is 2. The van der Waals surface area contributed by atoms with Gasteiger partial charge >= 0.3 is 0 Å². The van der Waals surface area contributed by atoms with Gasteiger partial charge in [-0.1, -0.05) is 11.2 Å². The molecule has 0 saturated heterocycles. The third kappa shape index (κ3) is 3.16. The van der Waals surface area contributed by atoms with E-state index in [4.69, 9.17) is 4.52 Å². The van der Waals surface area contributed by atoms with Gasteiger partial charge in [0.2, 0.25) is 5.82 Å². The van der Waals surface area contributed by atoms with E-state index in [1.807, 2.05) is 19.9 Å². The third-order valence-electron chi connectivity index (χ3n) is 5.04. The molecule has 1 N–H and O–H groups in total. The van der Waals surface area contributed by atoms with Gasteiger partial charge in [-0.2, -0.15) is 10.1 Å². The lowest BCUT2D eigenvalue weighted by atomic mass is 10.00. The minimum Gasteiger partial charge on any atom is -0.334 e. The van der Waals surface area contributed by atoms with Crippen LogP contribution in [0.25, 0.3) is 28.5 Å². The van der Waals surface area contributed by atoms with Crippen LogP contribution in [0.3, 0.4) is 0 Å². The van der Waals surface area contributed by atoms with Crippen molar-refractivity contribution in [3.05, 3.63) is 53.0 Å². The van der Waals surface area contributed by atoms with Gasteiger partial charge in [0.25, 0.3) is 5.89 Å². The van der Waals surface area contributed by atoms with Gasteiger partial charge in [-0.15, -0.1) is 12.4 Å². The highest BCUT2D eigenvalue weighted by atomic mass is 35.5. The molecule has 1 aliphatic heterocycles. The van der Waals surface area contributed by atoms with Gasteiger partial charge in [0.15, 0.2) is 5.65 Å². The number of fused-ring (bicyclic) bond motifs is 2. The Morgan fingerprint density at radius 1 is 1.04 bits per heavy atom. The van der Waals surface area contributed by atoms with Crippen LogP contribution >= 0.6 is 12.4 Å². The second kappa shape index (κ2) is 7.33. The topological polar surface area (TPSA) is 81.1 Å². The molecular formula is C20H21ClN6O. The molecule has 3 aromatic heterocycles. The lowest BCUT2D eigenvalue weighted by Crippen LogP contribution is -2.16. The molecule has 0 aliphatic carbocycles. The van der Waals surface area contributed by atoms with Gasteiger partial charge in [-0.05, 0) is 69.1 Å². The van der Waals surface area contributed by atoms with E-state index in [9.17, 15) is 0 Å². The fourth-order valence-corrected chi connectivity index (χ4v) is 3.69. The van der Waals surface area contributed by atoms with E-state index < -0.39 is 0 Å². The highest BCUT2D eigenvalue weighted by molar-refractivity contribution is 5.85. The first kappa shape index (κ1) is 18.6. The Kier molecular flexibility index (Phi) is 4.87. The molecule has 28 heavy (non-hydrogen) atoms. The highest BCUT2D eigenvalue weighted by Crippen LogP contribution is 2.27. The first-order valence-electron chi connectivity index (χ1n) is 9.18. The number of hydrogen-bond acceptors (Lipinski definition) is 6. The van der Waals surface area contributed by atoms with Crippen LogP contribution < -0.4 is 5.32 Å². The van der Waals surface area contributed by atoms with Crippen molar-refractivity contribution < 1.29 is 4.52 Å². The van der Waals surface area contributed by atoms with Gasteiger partial charge in [-0.25, -0.2) is 9.50 Å². The molecule has 8 heteroatoms. The maximum absolute atomic E-state index is 5.56. The van der Waals surface area contributed by atoms with Crippen molar-refractivity contribution in [3.63, 3.8) is 0 Å². The van der Waals surface area contributed by atoms with Gasteiger partial charge in [0.1, 0.15) is 0 Å². The molecule has 0 spiro atoms. The lowest BCUT2D eigenvalue weighted by Gasteiger charge is -2.05. The molecule has 4 heterocycles. The maximum atomic E-state index is 5.56. The number of hydrogen-bond donors (Lipinski definition) is 1. The van der Waals surface area contributed by atoms with Crippen LogP contribution in [0.15, 0.2) is 35.0 Å². The zero-order valence-electron chi connectivity index (χ0n) is 15.8. The summed E-state index contributed by atoms with van der Waals surface area (Å²) in [6.07, 6.45) is 3.81. The van der Waals surface area contributed by atoms with E-state index in [2.05, 4.69) is 43.7 Å². The highest BCUT2D eigenvalue weighted by Gasteiger charge is 2.18. The molecule has 0 unspecified atom stereocenters. The first-order chi connectivity index (χ1) is 13.2. The predicted octanol–water partition coefficient (Wildman–Crippen LogP) is 3.17. The van der Waals surface area contributed by atoms with Crippen molar-refractivity contribution >= 4 is 18.1 Å². The molecule has 0 radical (unpaired) electrons. The number of halogens is 1. The fourth-order valence-electron chi connectivity index (χ4n) is 3.69. The van der Waals surface area contributed by atoms with E-state index >= 15 is 0 Å². The zero-order chi connectivity index (χ0) is 18.4. The second-order valence-corrected chi connectivity index (χ2v) is 6.99. The summed E-state index contributed by atoms with van der Waals surface area (Å²) in [5, 5.41) is 12.0. The van der Waals surface area contributed by atoms with Crippen molar-refractivity contribution in [1.29, 1.82) is 0 Å². The van der Waals surface area contributed by atoms with Crippen LogP contribution in [0.2, 0.25) is 0 Å². The summed E-state index contributed by atoms with van der Waals surface area (Å²) < 4.78 is 7.36. The quantitative estimate of drug-likeness (QED) is 0.560. The standard InChI is InChI=1S/C20H20N6O.ClH/c1-12-9-13(2)26-19(23-12)17(11-22-26)18-24-20(27-25-18)16-4-3-14-5-7-21-8-6-15(14)10-16;/h3-4,9-11,21H,5-8H2,1-2H3;1H. The summed E-state index contributed by atoms with van der Waals surface area (Å²) in [6.45, 7) is 6.00. The number of rotatable bonds is 2. The minimum atomic E-state index is 0. The SMILES string of the molecule is Cc1cc(C)n2ncc(-c3noc(-c4ccc5c(c4)CCNCC5)n3)c2n1.Cl. The Bertz CT molecular complexity index is 1150. The van der Waals surface area contributed by atoms with E-state index in [1.54, 1.807) is 10.7 Å². The second-order valence-electron chi connectivity index (χ2n) is 6.99. The van der Waals surface area contributed by atoms with Crippen LogP contribution in [-0.2, 0) is 12.8 Å². The van der Waals surface area contributed by atoms with Crippen molar-refractivity contribution in [1.82, 2.24) is 30.1 Å². The van der Waals surface area contributed by atoms with Crippen molar-refractivity contribution in [3.8, 4) is 22.8 Å². The van der Waals surface area contributed by atoms with E-state index in [0.717, 1.165) is 54.1 Å².